The highest BCUT2D eigenvalue weighted by atomic mass is 32.3. The zero-order valence-corrected chi connectivity index (χ0v) is 21.4. The molecular formula is C26H32N6O4S. The van der Waals surface area contributed by atoms with Crippen molar-refractivity contribution in [2.45, 2.75) is 68.5 Å². The van der Waals surface area contributed by atoms with Crippen LogP contribution in [0, 0.1) is 17.2 Å². The summed E-state index contributed by atoms with van der Waals surface area (Å²) >= 11 is 0. The minimum Gasteiger partial charge on any atom is -0.381 e. The van der Waals surface area contributed by atoms with Crippen molar-refractivity contribution in [2.24, 2.45) is 5.92 Å². The summed E-state index contributed by atoms with van der Waals surface area (Å²) in [6, 6.07) is 9.76. The van der Waals surface area contributed by atoms with Crippen LogP contribution in [0.25, 0.3) is 10.9 Å². The van der Waals surface area contributed by atoms with Crippen LogP contribution in [-0.4, -0.2) is 47.4 Å². The number of nitriles is 1. The van der Waals surface area contributed by atoms with Crippen LogP contribution in [0.2, 0.25) is 0 Å². The fourth-order valence-corrected chi connectivity index (χ4v) is 7.97. The van der Waals surface area contributed by atoms with Crippen molar-refractivity contribution in [3.05, 3.63) is 46.4 Å². The zero-order chi connectivity index (χ0) is 25.6. The molecule has 0 bridgehead atoms. The molecule has 3 aliphatic rings. The van der Waals surface area contributed by atoms with Gasteiger partial charge in [0.05, 0.1) is 28.4 Å². The molecule has 0 amide bonds. The van der Waals surface area contributed by atoms with Crippen molar-refractivity contribution in [3.8, 4) is 6.07 Å². The topological polar surface area (TPSA) is 139 Å². The highest BCUT2D eigenvalue weighted by molar-refractivity contribution is 8.22. The minimum absolute atomic E-state index is 0.0633. The molecule has 1 aliphatic carbocycles. The van der Waals surface area contributed by atoms with Crippen LogP contribution in [0.15, 0.2) is 40.2 Å². The van der Waals surface area contributed by atoms with E-state index in [1.54, 1.807) is 18.3 Å². The first kappa shape index (κ1) is 24.5. The molecule has 0 radical (unpaired) electrons. The minimum atomic E-state index is -3.06. The second-order valence-corrected chi connectivity index (χ2v) is 12.1. The zero-order valence-electron chi connectivity index (χ0n) is 20.6. The van der Waals surface area contributed by atoms with Crippen molar-refractivity contribution >= 4 is 33.2 Å². The second-order valence-electron chi connectivity index (χ2n) is 10.2. The maximum Gasteiger partial charge on any atom is 0.261 e. The lowest BCUT2D eigenvalue weighted by molar-refractivity contribution is 0.0557. The lowest BCUT2D eigenvalue weighted by Crippen LogP contribution is -2.37. The molecule has 0 spiro atoms. The fraction of sp³-hybridized carbons (Fsp3) is 0.500. The van der Waals surface area contributed by atoms with E-state index in [0.717, 1.165) is 56.2 Å². The van der Waals surface area contributed by atoms with Crippen LogP contribution < -0.4 is 10.9 Å². The number of anilines is 2. The molecule has 1 saturated heterocycles. The molecular weight excluding hydrogens is 492 g/mol. The summed E-state index contributed by atoms with van der Waals surface area (Å²) in [6.45, 7) is 1.69. The Hall–Kier alpha value is -2.88. The van der Waals surface area contributed by atoms with Crippen molar-refractivity contribution in [2.75, 3.05) is 18.5 Å². The Balaban J connectivity index is 1.34. The van der Waals surface area contributed by atoms with Gasteiger partial charge in [0, 0.05) is 37.7 Å². The van der Waals surface area contributed by atoms with E-state index in [2.05, 4.69) is 16.4 Å². The van der Waals surface area contributed by atoms with E-state index in [1.807, 2.05) is 21.1 Å². The summed E-state index contributed by atoms with van der Waals surface area (Å²) in [4.78, 5) is 16.2. The van der Waals surface area contributed by atoms with Crippen molar-refractivity contribution in [1.82, 2.24) is 19.1 Å². The Morgan fingerprint density at radius 2 is 1.95 bits per heavy atom. The van der Waals surface area contributed by atoms with E-state index < -0.39 is 10.8 Å². The molecule has 1 saturated carbocycles. The summed E-state index contributed by atoms with van der Waals surface area (Å²) in [5.41, 5.74) is 2.03. The number of hydrogen-bond acceptors (Lipinski definition) is 8. The number of rotatable bonds is 4. The first-order valence-corrected chi connectivity index (χ1v) is 14.5. The van der Waals surface area contributed by atoms with Gasteiger partial charge in [-0.05, 0) is 55.5 Å². The normalized spacial score (nSPS) is 25.3. The average molecular weight is 525 g/mol. The Kier molecular flexibility index (Phi) is 6.46. The lowest BCUT2D eigenvalue weighted by atomic mass is 9.96. The van der Waals surface area contributed by atoms with Gasteiger partial charge in [-0.15, -0.1) is 10.8 Å². The van der Waals surface area contributed by atoms with E-state index in [1.165, 1.54) is 0 Å². The molecule has 2 aromatic heterocycles. The number of nitrogens with zero attached hydrogens (tertiary/aromatic N) is 4. The van der Waals surface area contributed by atoms with Gasteiger partial charge in [0.25, 0.3) is 5.56 Å². The van der Waals surface area contributed by atoms with Crippen LogP contribution in [0.3, 0.4) is 0 Å². The Morgan fingerprint density at radius 1 is 1.14 bits per heavy atom. The Morgan fingerprint density at radius 3 is 2.76 bits per heavy atom. The van der Waals surface area contributed by atoms with Gasteiger partial charge >= 0.3 is 0 Å². The number of benzene rings is 1. The highest BCUT2D eigenvalue weighted by Crippen LogP contribution is 2.60. The molecule has 2 unspecified atom stereocenters. The maximum absolute atomic E-state index is 12.9. The van der Waals surface area contributed by atoms with Crippen LogP contribution in [0.4, 0.5) is 11.5 Å². The van der Waals surface area contributed by atoms with Crippen LogP contribution in [0.5, 0.6) is 0 Å². The van der Waals surface area contributed by atoms with E-state index >= 15 is 0 Å². The molecule has 2 fully saturated rings. The average Bonchev–Trinajstić information content (AvgIpc) is 3.27. The molecule has 10 nitrogen and oxygen atoms in total. The van der Waals surface area contributed by atoms with E-state index in [9.17, 15) is 19.2 Å². The Bertz CT molecular complexity index is 1410. The van der Waals surface area contributed by atoms with Gasteiger partial charge in [0.2, 0.25) is 0 Å². The predicted octanol–water partition coefficient (Wildman–Crippen LogP) is 5.13. The quantitative estimate of drug-likeness (QED) is 0.344. The van der Waals surface area contributed by atoms with Crippen LogP contribution >= 0.6 is 10.8 Å². The molecule has 37 heavy (non-hydrogen) atoms. The molecule has 2 aliphatic heterocycles. The summed E-state index contributed by atoms with van der Waals surface area (Å²) in [7, 11) is -3.06. The van der Waals surface area contributed by atoms with Crippen LogP contribution in [-0.2, 0) is 11.3 Å². The molecule has 4 N–H and O–H groups in total. The summed E-state index contributed by atoms with van der Waals surface area (Å²) in [5.74, 6) is 0.280. The summed E-state index contributed by atoms with van der Waals surface area (Å²) < 4.78 is 31.2. The molecule has 4 heterocycles. The first-order valence-electron chi connectivity index (χ1n) is 13.0. The SMILES string of the molecule is N#CC1CCCCCC1n1nc(Nc2ccc3c(c2)CN(C2CCOCC2)S3(O)O)c2c(=O)[nH]ccc21. The molecule has 2 atom stereocenters. The van der Waals surface area contributed by atoms with Gasteiger partial charge in [-0.2, -0.15) is 14.7 Å². The van der Waals surface area contributed by atoms with Gasteiger partial charge in [0.1, 0.15) is 5.39 Å². The predicted molar refractivity (Wildman–Crippen MR) is 142 cm³/mol. The van der Waals surface area contributed by atoms with E-state index in [4.69, 9.17) is 9.84 Å². The number of ether oxygens (including phenoxy) is 1. The second kappa shape index (κ2) is 9.78. The maximum atomic E-state index is 12.9. The number of aromatic nitrogens is 3. The number of fused-ring (bicyclic) bond motifs is 2. The van der Waals surface area contributed by atoms with E-state index in [-0.39, 0.29) is 23.6 Å². The largest absolute Gasteiger partial charge is 0.381 e. The van der Waals surface area contributed by atoms with Gasteiger partial charge in [0.15, 0.2) is 5.82 Å². The third-order valence-corrected chi connectivity index (χ3v) is 10.0. The van der Waals surface area contributed by atoms with Crippen molar-refractivity contribution in [3.63, 3.8) is 0 Å². The number of aromatic amines is 1. The highest BCUT2D eigenvalue weighted by Gasteiger charge is 2.40. The molecule has 11 heteroatoms. The van der Waals surface area contributed by atoms with Gasteiger partial charge in [-0.3, -0.25) is 18.6 Å². The van der Waals surface area contributed by atoms with Crippen molar-refractivity contribution < 1.29 is 13.8 Å². The van der Waals surface area contributed by atoms with Gasteiger partial charge in [-0.25, -0.2) is 0 Å². The fourth-order valence-electron chi connectivity index (χ4n) is 6.05. The lowest BCUT2D eigenvalue weighted by Gasteiger charge is -2.43. The molecule has 1 aromatic carbocycles. The van der Waals surface area contributed by atoms with Crippen LogP contribution in [0.1, 0.15) is 56.6 Å². The molecule has 6 rings (SSSR count). The monoisotopic (exact) mass is 524 g/mol. The number of H-pyrrole nitrogens is 1. The first-order chi connectivity index (χ1) is 18.0. The van der Waals surface area contributed by atoms with Gasteiger partial charge < -0.3 is 15.0 Å². The summed E-state index contributed by atoms with van der Waals surface area (Å²) in [5, 5.41) is 18.5. The van der Waals surface area contributed by atoms with Gasteiger partial charge in [-0.1, -0.05) is 19.3 Å². The third kappa shape index (κ3) is 4.32. The molecule has 196 valence electrons. The smallest absolute Gasteiger partial charge is 0.261 e. The van der Waals surface area contributed by atoms with Crippen molar-refractivity contribution in [1.29, 1.82) is 5.26 Å². The Labute approximate surface area is 216 Å². The number of pyridine rings is 1. The number of hydrogen-bond donors (Lipinski definition) is 4. The molecule has 3 aromatic rings. The summed E-state index contributed by atoms with van der Waals surface area (Å²) in [6.07, 6.45) is 7.98. The number of nitrogens with one attached hydrogen (secondary N) is 2. The standard InChI is InChI=1S/C26H32N6O4S/c27-15-17-4-2-1-3-5-21(17)32-22-8-11-28-26(33)24(22)25(30-32)29-19-6-7-23-18(14-19)16-31(37(23,34)35)20-9-12-36-13-10-20/h6-8,11,14,17,20-21,34-35H,1-5,9-10,12-13,16H2,(H,28,33)(H,29,30). The third-order valence-electron chi connectivity index (χ3n) is 7.96. The van der Waals surface area contributed by atoms with E-state index in [0.29, 0.717) is 41.4 Å².